The molecular weight excluding hydrogens is 471 g/mol. The van der Waals surface area contributed by atoms with Gasteiger partial charge in [-0.15, -0.1) is 35.3 Å². The van der Waals surface area contributed by atoms with E-state index in [0.717, 1.165) is 16.1 Å². The zero-order chi connectivity index (χ0) is 17.7. The Morgan fingerprint density at radius 2 is 1.92 bits per heavy atom. The number of guanidine groups is 1. The molecule has 0 aliphatic heterocycles. The molecule has 0 fully saturated rings. The van der Waals surface area contributed by atoms with Gasteiger partial charge in [0.15, 0.2) is 15.8 Å². The van der Waals surface area contributed by atoms with E-state index >= 15 is 0 Å². The first-order chi connectivity index (χ1) is 11.3. The Morgan fingerprint density at radius 1 is 1.24 bits per heavy atom. The number of aromatic nitrogens is 1. The van der Waals surface area contributed by atoms with Crippen LogP contribution in [0.1, 0.15) is 21.0 Å². The topological polar surface area (TPSA) is 83.5 Å². The van der Waals surface area contributed by atoms with E-state index in [9.17, 15) is 8.42 Å². The average molecular weight is 494 g/mol. The number of hydrogen-bond acceptors (Lipinski definition) is 5. The number of benzene rings is 1. The highest BCUT2D eigenvalue weighted by Crippen LogP contribution is 2.16. The molecule has 2 aromatic rings. The number of thiazole rings is 1. The van der Waals surface area contributed by atoms with E-state index in [4.69, 9.17) is 0 Å². The molecule has 0 saturated carbocycles. The lowest BCUT2D eigenvalue weighted by molar-refractivity contribution is 0.601. The van der Waals surface area contributed by atoms with Gasteiger partial charge in [-0.1, -0.05) is 12.1 Å². The van der Waals surface area contributed by atoms with Crippen LogP contribution >= 0.6 is 35.3 Å². The first kappa shape index (κ1) is 21.8. The summed E-state index contributed by atoms with van der Waals surface area (Å²) >= 11 is 1.65. The SMILES string of the molecule is CN=C(NCc1ccc(S(C)(=O)=O)c(C)c1)NCc1ncc(C)s1.I. The minimum Gasteiger partial charge on any atom is -0.352 e. The lowest BCUT2D eigenvalue weighted by Crippen LogP contribution is -2.36. The molecule has 0 spiro atoms. The average Bonchev–Trinajstić information content (AvgIpc) is 2.92. The van der Waals surface area contributed by atoms with E-state index in [1.54, 1.807) is 31.4 Å². The maximum Gasteiger partial charge on any atom is 0.191 e. The van der Waals surface area contributed by atoms with Crippen LogP contribution in [0.15, 0.2) is 34.3 Å². The number of sulfone groups is 1. The molecule has 1 heterocycles. The predicted molar refractivity (Wildman–Crippen MR) is 114 cm³/mol. The third kappa shape index (κ3) is 6.55. The predicted octanol–water partition coefficient (Wildman–Crippen LogP) is 2.65. The van der Waals surface area contributed by atoms with Crippen LogP contribution in [0.3, 0.4) is 0 Å². The van der Waals surface area contributed by atoms with E-state index in [-0.39, 0.29) is 24.0 Å². The van der Waals surface area contributed by atoms with Crippen molar-refractivity contribution in [3.8, 4) is 0 Å². The van der Waals surface area contributed by atoms with Crippen molar-refractivity contribution >= 4 is 51.1 Å². The summed E-state index contributed by atoms with van der Waals surface area (Å²) in [5.41, 5.74) is 1.74. The zero-order valence-electron chi connectivity index (χ0n) is 14.7. The number of aliphatic imine (C=N–C) groups is 1. The quantitative estimate of drug-likeness (QED) is 0.380. The Hall–Kier alpha value is -1.20. The monoisotopic (exact) mass is 494 g/mol. The van der Waals surface area contributed by atoms with E-state index in [2.05, 4.69) is 20.6 Å². The van der Waals surface area contributed by atoms with Gasteiger partial charge < -0.3 is 10.6 Å². The lowest BCUT2D eigenvalue weighted by atomic mass is 10.1. The molecule has 1 aromatic heterocycles. The van der Waals surface area contributed by atoms with Gasteiger partial charge in [0.1, 0.15) is 5.01 Å². The smallest absolute Gasteiger partial charge is 0.191 e. The van der Waals surface area contributed by atoms with Gasteiger partial charge >= 0.3 is 0 Å². The van der Waals surface area contributed by atoms with Crippen LogP contribution in [0.5, 0.6) is 0 Å². The van der Waals surface area contributed by atoms with Gasteiger partial charge in [0.2, 0.25) is 0 Å². The third-order valence-corrected chi connectivity index (χ3v) is 5.57. The fourth-order valence-corrected chi connectivity index (χ4v) is 3.97. The Kier molecular flexibility index (Phi) is 8.29. The van der Waals surface area contributed by atoms with Crippen LogP contribution in [0.2, 0.25) is 0 Å². The minimum atomic E-state index is -3.19. The minimum absolute atomic E-state index is 0. The normalized spacial score (nSPS) is 11.8. The number of halogens is 1. The zero-order valence-corrected chi connectivity index (χ0v) is 18.6. The summed E-state index contributed by atoms with van der Waals surface area (Å²) < 4.78 is 23.3. The lowest BCUT2D eigenvalue weighted by Gasteiger charge is -2.12. The summed E-state index contributed by atoms with van der Waals surface area (Å²) in [5.74, 6) is 0.674. The van der Waals surface area contributed by atoms with Crippen LogP contribution < -0.4 is 10.6 Å². The fraction of sp³-hybridized carbons (Fsp3) is 0.375. The summed E-state index contributed by atoms with van der Waals surface area (Å²) in [6, 6.07) is 5.34. The number of rotatable bonds is 5. The highest BCUT2D eigenvalue weighted by Gasteiger charge is 2.11. The maximum absolute atomic E-state index is 11.6. The molecule has 0 bridgehead atoms. The molecule has 0 aliphatic carbocycles. The number of aryl methyl sites for hydroxylation is 2. The molecule has 0 aliphatic rings. The van der Waals surface area contributed by atoms with Crippen molar-refractivity contribution in [1.29, 1.82) is 0 Å². The van der Waals surface area contributed by atoms with Gasteiger partial charge in [0, 0.05) is 30.9 Å². The molecule has 0 unspecified atom stereocenters. The molecule has 0 atom stereocenters. The Bertz CT molecular complexity index is 848. The van der Waals surface area contributed by atoms with Crippen LogP contribution in [-0.4, -0.2) is 32.7 Å². The van der Waals surface area contributed by atoms with E-state index < -0.39 is 9.84 Å². The van der Waals surface area contributed by atoms with Crippen LogP contribution in [0.4, 0.5) is 0 Å². The molecule has 2 N–H and O–H groups in total. The first-order valence-electron chi connectivity index (χ1n) is 7.45. The molecule has 9 heteroatoms. The van der Waals surface area contributed by atoms with Crippen molar-refractivity contribution in [3.63, 3.8) is 0 Å². The highest BCUT2D eigenvalue weighted by atomic mass is 127. The largest absolute Gasteiger partial charge is 0.352 e. The summed E-state index contributed by atoms with van der Waals surface area (Å²) in [7, 11) is -1.48. The first-order valence-corrected chi connectivity index (χ1v) is 10.2. The van der Waals surface area contributed by atoms with Crippen molar-refractivity contribution in [2.75, 3.05) is 13.3 Å². The molecule has 1 aromatic carbocycles. The summed E-state index contributed by atoms with van der Waals surface area (Å²) in [6.07, 6.45) is 3.07. The van der Waals surface area contributed by atoms with Crippen LogP contribution in [0.25, 0.3) is 0 Å². The highest BCUT2D eigenvalue weighted by molar-refractivity contribution is 14.0. The second kappa shape index (κ2) is 9.48. The standard InChI is InChI=1S/C16H22N4O2S2.HI/c1-11-7-13(5-6-14(11)24(4,21)22)9-19-16(17-3)20-10-15-18-8-12(2)23-15;/h5-8H,9-10H2,1-4H3,(H2,17,19,20);1H. The molecule has 138 valence electrons. The molecule has 0 saturated heterocycles. The van der Waals surface area contributed by atoms with Crippen molar-refractivity contribution in [1.82, 2.24) is 15.6 Å². The molecule has 25 heavy (non-hydrogen) atoms. The Balaban J connectivity index is 0.00000312. The third-order valence-electron chi connectivity index (χ3n) is 3.40. The number of hydrogen-bond donors (Lipinski definition) is 2. The van der Waals surface area contributed by atoms with Gasteiger partial charge in [-0.3, -0.25) is 4.99 Å². The summed E-state index contributed by atoms with van der Waals surface area (Å²) in [5, 5.41) is 7.43. The van der Waals surface area contributed by atoms with Crippen molar-refractivity contribution in [2.24, 2.45) is 4.99 Å². The van der Waals surface area contributed by atoms with Gasteiger partial charge in [0.25, 0.3) is 0 Å². The van der Waals surface area contributed by atoms with Gasteiger partial charge in [-0.05, 0) is 31.0 Å². The van der Waals surface area contributed by atoms with Gasteiger partial charge in [-0.25, -0.2) is 13.4 Å². The number of nitrogens with one attached hydrogen (secondary N) is 2. The van der Waals surface area contributed by atoms with Gasteiger partial charge in [0.05, 0.1) is 11.4 Å². The van der Waals surface area contributed by atoms with Crippen molar-refractivity contribution in [3.05, 3.63) is 45.4 Å². The molecule has 2 rings (SSSR count). The number of nitrogens with zero attached hydrogens (tertiary/aromatic N) is 2. The molecule has 0 radical (unpaired) electrons. The molecule has 0 amide bonds. The van der Waals surface area contributed by atoms with E-state index in [0.29, 0.717) is 23.9 Å². The summed E-state index contributed by atoms with van der Waals surface area (Å²) in [4.78, 5) is 10.0. The second-order valence-electron chi connectivity index (χ2n) is 5.52. The second-order valence-corrected chi connectivity index (χ2v) is 8.82. The Labute approximate surface area is 170 Å². The molecule has 6 nitrogen and oxygen atoms in total. The maximum atomic E-state index is 11.6. The van der Waals surface area contributed by atoms with E-state index in [1.165, 1.54) is 11.1 Å². The van der Waals surface area contributed by atoms with Crippen molar-refractivity contribution in [2.45, 2.75) is 31.8 Å². The van der Waals surface area contributed by atoms with Crippen LogP contribution in [-0.2, 0) is 22.9 Å². The van der Waals surface area contributed by atoms with Crippen LogP contribution in [0, 0.1) is 13.8 Å². The summed E-state index contributed by atoms with van der Waals surface area (Å²) in [6.45, 7) is 5.00. The fourth-order valence-electron chi connectivity index (χ4n) is 2.29. The van der Waals surface area contributed by atoms with E-state index in [1.807, 2.05) is 25.3 Å². The van der Waals surface area contributed by atoms with Crippen molar-refractivity contribution < 1.29 is 8.42 Å². The molecular formula is C16H23IN4O2S2. The van der Waals surface area contributed by atoms with Gasteiger partial charge in [-0.2, -0.15) is 0 Å². The Morgan fingerprint density at radius 3 is 2.44 bits per heavy atom.